The first-order valence-electron chi connectivity index (χ1n) is 16.6. The van der Waals surface area contributed by atoms with E-state index in [0.29, 0.717) is 24.3 Å². The Morgan fingerprint density at radius 1 is 0.646 bits per heavy atom. The third-order valence-corrected chi connectivity index (χ3v) is 6.77. The molecule has 0 aliphatic rings. The van der Waals surface area contributed by atoms with Crippen molar-refractivity contribution in [2.75, 3.05) is 6.61 Å². The molecular formula is C35H54N2O11. The fraction of sp³-hybridized carbons (Fsp3) is 0.657. The molecule has 1 aromatic carbocycles. The molecule has 0 fully saturated rings. The van der Waals surface area contributed by atoms with Crippen LogP contribution in [0.3, 0.4) is 0 Å². The first-order chi connectivity index (χ1) is 22.4. The van der Waals surface area contributed by atoms with Crippen molar-refractivity contribution < 1.29 is 53.2 Å². The average Bonchev–Trinajstić information content (AvgIpc) is 2.96. The van der Waals surface area contributed by atoms with Crippen molar-refractivity contribution in [1.82, 2.24) is 10.6 Å². The van der Waals surface area contributed by atoms with Gasteiger partial charge in [0, 0.05) is 19.3 Å². The number of carbonyl (C=O) groups is 6. The highest BCUT2D eigenvalue weighted by molar-refractivity contribution is 5.90. The van der Waals surface area contributed by atoms with Crippen molar-refractivity contribution in [2.45, 2.75) is 142 Å². The molecular weight excluding hydrogens is 624 g/mol. The lowest BCUT2D eigenvalue weighted by Gasteiger charge is -2.24. The maximum atomic E-state index is 12.7. The van der Waals surface area contributed by atoms with E-state index in [2.05, 4.69) is 10.6 Å². The van der Waals surface area contributed by atoms with Crippen LogP contribution in [0.5, 0.6) is 5.75 Å². The summed E-state index contributed by atoms with van der Waals surface area (Å²) in [6, 6.07) is 4.40. The number of aliphatic carboxylic acids is 2. The van der Waals surface area contributed by atoms with E-state index in [1.165, 1.54) is 0 Å². The van der Waals surface area contributed by atoms with Gasteiger partial charge in [0.05, 0.1) is 12.2 Å². The SMILES string of the molecule is CC(C)(C)OC(=O)c1ccc(OCCCCCCCCCC(=O)N[C@@H](CCC(=O)N[C@@H](CCC(=O)O)C(=O)O)C(=O)OC(C)(C)C)cc1. The molecule has 0 saturated heterocycles. The Bertz CT molecular complexity index is 1200. The van der Waals surface area contributed by atoms with Crippen LogP contribution in [0.2, 0.25) is 0 Å². The summed E-state index contributed by atoms with van der Waals surface area (Å²) < 4.78 is 16.5. The molecule has 0 heterocycles. The summed E-state index contributed by atoms with van der Waals surface area (Å²) in [6.07, 6.45) is 5.41. The molecule has 0 aliphatic carbocycles. The Morgan fingerprint density at radius 2 is 1.15 bits per heavy atom. The van der Waals surface area contributed by atoms with Gasteiger partial charge >= 0.3 is 23.9 Å². The Kier molecular flexibility index (Phi) is 18.3. The standard InChI is InChI=1S/C35H54N2O11/c1-34(2,3)47-32(44)24-15-17-25(18-16-24)46-23-13-11-9-7-8-10-12-14-28(38)37-27(33(45)48-35(4,5)6)19-21-29(39)36-26(31(42)43)20-22-30(40)41/h15-18,26-27H,7-14,19-23H2,1-6H3,(H,36,39)(H,37,38)(H,40,41)(H,42,43)/t26-,27-/m0/s1. The van der Waals surface area contributed by atoms with Gasteiger partial charge in [-0.25, -0.2) is 14.4 Å². The van der Waals surface area contributed by atoms with Crippen molar-refractivity contribution in [1.29, 1.82) is 0 Å². The fourth-order valence-corrected chi connectivity index (χ4v) is 4.44. The molecule has 4 N–H and O–H groups in total. The number of hydrogen-bond donors (Lipinski definition) is 4. The predicted molar refractivity (Wildman–Crippen MR) is 177 cm³/mol. The largest absolute Gasteiger partial charge is 0.494 e. The summed E-state index contributed by atoms with van der Waals surface area (Å²) in [4.78, 5) is 72.0. The maximum absolute atomic E-state index is 12.7. The summed E-state index contributed by atoms with van der Waals surface area (Å²) in [5.74, 6) is -3.97. The summed E-state index contributed by atoms with van der Waals surface area (Å²) in [5.41, 5.74) is -0.903. The molecule has 13 heteroatoms. The van der Waals surface area contributed by atoms with Crippen LogP contribution in [-0.4, -0.2) is 75.8 Å². The zero-order valence-electron chi connectivity index (χ0n) is 29.2. The van der Waals surface area contributed by atoms with Crippen LogP contribution < -0.4 is 15.4 Å². The van der Waals surface area contributed by atoms with Crippen molar-refractivity contribution in [3.63, 3.8) is 0 Å². The Balaban J connectivity index is 2.36. The van der Waals surface area contributed by atoms with Crippen molar-refractivity contribution >= 4 is 35.7 Å². The lowest BCUT2D eigenvalue weighted by Crippen LogP contribution is -2.46. The quantitative estimate of drug-likeness (QED) is 0.0932. The van der Waals surface area contributed by atoms with Gasteiger partial charge in [0.25, 0.3) is 0 Å². The highest BCUT2D eigenvalue weighted by Gasteiger charge is 2.28. The second kappa shape index (κ2) is 20.9. The Hall–Kier alpha value is -4.16. The normalized spacial score (nSPS) is 12.7. The smallest absolute Gasteiger partial charge is 0.338 e. The topological polar surface area (TPSA) is 195 Å². The lowest BCUT2D eigenvalue weighted by molar-refractivity contribution is -0.159. The van der Waals surface area contributed by atoms with Crippen LogP contribution in [0.1, 0.15) is 129 Å². The number of ether oxygens (including phenoxy) is 3. The number of carbonyl (C=O) groups excluding carboxylic acids is 4. The number of carboxylic acids is 2. The second-order valence-corrected chi connectivity index (χ2v) is 13.7. The number of unbranched alkanes of at least 4 members (excludes halogenated alkanes) is 6. The minimum Gasteiger partial charge on any atom is -0.494 e. The Morgan fingerprint density at radius 3 is 1.69 bits per heavy atom. The monoisotopic (exact) mass is 678 g/mol. The first-order valence-corrected chi connectivity index (χ1v) is 16.6. The molecule has 1 rings (SSSR count). The summed E-state index contributed by atoms with van der Waals surface area (Å²) >= 11 is 0. The Labute approximate surface area is 283 Å². The molecule has 0 saturated carbocycles. The van der Waals surface area contributed by atoms with Crippen LogP contribution in [0.15, 0.2) is 24.3 Å². The van der Waals surface area contributed by atoms with Gasteiger partial charge in [-0.2, -0.15) is 0 Å². The highest BCUT2D eigenvalue weighted by Crippen LogP contribution is 2.17. The molecule has 0 bridgehead atoms. The summed E-state index contributed by atoms with van der Waals surface area (Å²) in [6.45, 7) is 11.1. The van der Waals surface area contributed by atoms with E-state index in [4.69, 9.17) is 19.3 Å². The van der Waals surface area contributed by atoms with Crippen molar-refractivity contribution in [3.8, 4) is 5.75 Å². The first kappa shape index (κ1) is 41.9. The van der Waals surface area contributed by atoms with E-state index in [-0.39, 0.29) is 37.6 Å². The molecule has 48 heavy (non-hydrogen) atoms. The second-order valence-electron chi connectivity index (χ2n) is 13.7. The lowest BCUT2D eigenvalue weighted by atomic mass is 10.1. The molecule has 0 aromatic heterocycles. The number of rotatable bonds is 22. The van der Waals surface area contributed by atoms with Gasteiger partial charge in [-0.3, -0.25) is 14.4 Å². The van der Waals surface area contributed by atoms with E-state index in [1.54, 1.807) is 45.0 Å². The van der Waals surface area contributed by atoms with Gasteiger partial charge in [0.1, 0.15) is 29.0 Å². The summed E-state index contributed by atoms with van der Waals surface area (Å²) in [7, 11) is 0. The van der Waals surface area contributed by atoms with E-state index >= 15 is 0 Å². The van der Waals surface area contributed by atoms with E-state index in [1.807, 2.05) is 20.8 Å². The number of carboxylic acid groups (broad SMARTS) is 2. The number of esters is 2. The van der Waals surface area contributed by atoms with Crippen LogP contribution in [0.4, 0.5) is 0 Å². The molecule has 0 unspecified atom stereocenters. The third-order valence-electron chi connectivity index (χ3n) is 6.77. The van der Waals surface area contributed by atoms with Gasteiger partial charge < -0.3 is 35.1 Å². The van der Waals surface area contributed by atoms with Crippen molar-refractivity contribution in [3.05, 3.63) is 29.8 Å². The number of amides is 2. The highest BCUT2D eigenvalue weighted by atomic mass is 16.6. The van der Waals surface area contributed by atoms with Gasteiger partial charge in [-0.15, -0.1) is 0 Å². The molecule has 0 radical (unpaired) electrons. The zero-order chi connectivity index (χ0) is 36.3. The van der Waals surface area contributed by atoms with Crippen LogP contribution in [0, 0.1) is 0 Å². The van der Waals surface area contributed by atoms with E-state index in [9.17, 15) is 33.9 Å². The molecule has 270 valence electrons. The zero-order valence-corrected chi connectivity index (χ0v) is 29.2. The minimum absolute atomic E-state index is 0.112. The summed E-state index contributed by atoms with van der Waals surface area (Å²) in [5, 5.41) is 23.0. The fourth-order valence-electron chi connectivity index (χ4n) is 4.44. The van der Waals surface area contributed by atoms with Crippen molar-refractivity contribution in [2.24, 2.45) is 0 Å². The van der Waals surface area contributed by atoms with Gasteiger partial charge in [0.15, 0.2) is 0 Å². The molecule has 13 nitrogen and oxygen atoms in total. The molecule has 1 aromatic rings. The van der Waals surface area contributed by atoms with Gasteiger partial charge in [-0.1, -0.05) is 32.1 Å². The number of hydrogen-bond acceptors (Lipinski definition) is 9. The van der Waals surface area contributed by atoms with Crippen LogP contribution in [0.25, 0.3) is 0 Å². The molecule has 0 spiro atoms. The predicted octanol–water partition coefficient (Wildman–Crippen LogP) is 5.18. The van der Waals surface area contributed by atoms with Gasteiger partial charge in [0.2, 0.25) is 11.8 Å². The molecule has 2 atom stereocenters. The van der Waals surface area contributed by atoms with Crippen LogP contribution >= 0.6 is 0 Å². The average molecular weight is 679 g/mol. The van der Waals surface area contributed by atoms with Crippen LogP contribution in [-0.2, 0) is 33.4 Å². The number of benzene rings is 1. The van der Waals surface area contributed by atoms with E-state index < -0.39 is 53.5 Å². The molecule has 2 amide bonds. The molecule has 0 aliphatic heterocycles. The van der Waals surface area contributed by atoms with E-state index in [0.717, 1.165) is 38.5 Å². The number of nitrogens with one attached hydrogen (secondary N) is 2. The minimum atomic E-state index is -1.38. The maximum Gasteiger partial charge on any atom is 0.338 e. The third kappa shape index (κ3) is 20.2. The van der Waals surface area contributed by atoms with Gasteiger partial charge in [-0.05, 0) is 91.5 Å².